The van der Waals surface area contributed by atoms with Crippen LogP contribution in [0.25, 0.3) is 10.9 Å². The first-order valence-corrected chi connectivity index (χ1v) is 5.96. The Hall–Kier alpha value is -2.37. The van der Waals surface area contributed by atoms with Gasteiger partial charge in [-0.3, -0.25) is 14.7 Å². The quantitative estimate of drug-likeness (QED) is 0.775. The van der Waals surface area contributed by atoms with E-state index in [0.717, 1.165) is 5.39 Å². The molecule has 1 amide bonds. The standard InChI is InChI=1S/C13H15N3O3/c1-7(13(18)19)8(2)15-12(17)10-5-3-4-9-6-14-16-11(9)10/h3-8H,1-2H3,(H,14,16)(H,15,17)(H,18,19). The molecule has 1 heterocycles. The zero-order chi connectivity index (χ0) is 14.0. The highest BCUT2D eigenvalue weighted by molar-refractivity contribution is 6.05. The maximum Gasteiger partial charge on any atom is 0.308 e. The number of amides is 1. The Morgan fingerprint density at radius 1 is 1.37 bits per heavy atom. The fourth-order valence-electron chi connectivity index (χ4n) is 1.78. The number of aromatic nitrogens is 2. The fraction of sp³-hybridized carbons (Fsp3) is 0.308. The van der Waals surface area contributed by atoms with Gasteiger partial charge in [0.1, 0.15) is 0 Å². The number of nitrogens with one attached hydrogen (secondary N) is 2. The number of fused-ring (bicyclic) bond motifs is 1. The van der Waals surface area contributed by atoms with E-state index in [-0.39, 0.29) is 5.91 Å². The largest absolute Gasteiger partial charge is 0.481 e. The molecule has 0 bridgehead atoms. The number of para-hydroxylation sites is 1. The van der Waals surface area contributed by atoms with Crippen LogP contribution in [-0.4, -0.2) is 33.2 Å². The average Bonchev–Trinajstić information content (AvgIpc) is 2.85. The molecule has 100 valence electrons. The van der Waals surface area contributed by atoms with E-state index in [1.54, 1.807) is 32.2 Å². The van der Waals surface area contributed by atoms with Gasteiger partial charge in [0.15, 0.2) is 0 Å². The summed E-state index contributed by atoms with van der Waals surface area (Å²) in [5.74, 6) is -1.90. The molecular weight excluding hydrogens is 246 g/mol. The zero-order valence-corrected chi connectivity index (χ0v) is 10.7. The molecule has 0 spiro atoms. The Bertz CT molecular complexity index is 620. The Labute approximate surface area is 109 Å². The van der Waals surface area contributed by atoms with E-state index in [1.165, 1.54) is 0 Å². The van der Waals surface area contributed by atoms with Crippen LogP contribution in [0.3, 0.4) is 0 Å². The number of rotatable bonds is 4. The van der Waals surface area contributed by atoms with Gasteiger partial charge in [0.25, 0.3) is 5.91 Å². The molecule has 2 aromatic rings. The number of H-pyrrole nitrogens is 1. The molecule has 1 aromatic heterocycles. The van der Waals surface area contributed by atoms with Crippen molar-refractivity contribution in [2.45, 2.75) is 19.9 Å². The normalized spacial score (nSPS) is 14.0. The average molecular weight is 261 g/mol. The lowest BCUT2D eigenvalue weighted by Gasteiger charge is -2.17. The molecule has 6 nitrogen and oxygen atoms in total. The van der Waals surface area contributed by atoms with Crippen LogP contribution in [-0.2, 0) is 4.79 Å². The zero-order valence-electron chi connectivity index (χ0n) is 10.7. The van der Waals surface area contributed by atoms with Crippen LogP contribution in [0, 0.1) is 5.92 Å². The van der Waals surface area contributed by atoms with Crippen molar-refractivity contribution in [2.75, 3.05) is 0 Å². The smallest absolute Gasteiger partial charge is 0.308 e. The van der Waals surface area contributed by atoms with Crippen molar-refractivity contribution in [1.29, 1.82) is 0 Å². The van der Waals surface area contributed by atoms with Crippen molar-refractivity contribution in [3.8, 4) is 0 Å². The molecule has 19 heavy (non-hydrogen) atoms. The summed E-state index contributed by atoms with van der Waals surface area (Å²) in [6.45, 7) is 3.23. The van der Waals surface area contributed by atoms with Crippen LogP contribution in [0.5, 0.6) is 0 Å². The minimum Gasteiger partial charge on any atom is -0.481 e. The fourth-order valence-corrected chi connectivity index (χ4v) is 1.78. The van der Waals surface area contributed by atoms with Gasteiger partial charge < -0.3 is 10.4 Å². The summed E-state index contributed by atoms with van der Waals surface area (Å²) in [5, 5.41) is 19.1. The summed E-state index contributed by atoms with van der Waals surface area (Å²) in [7, 11) is 0. The number of hydrogen-bond donors (Lipinski definition) is 3. The number of carboxylic acid groups (broad SMARTS) is 1. The van der Waals surface area contributed by atoms with Crippen molar-refractivity contribution in [3.63, 3.8) is 0 Å². The Balaban J connectivity index is 2.21. The monoisotopic (exact) mass is 261 g/mol. The van der Waals surface area contributed by atoms with Gasteiger partial charge in [-0.2, -0.15) is 5.10 Å². The lowest BCUT2D eigenvalue weighted by molar-refractivity contribution is -0.141. The first kappa shape index (κ1) is 13.1. The summed E-state index contributed by atoms with van der Waals surface area (Å²) in [6, 6.07) is 4.83. The molecule has 2 unspecified atom stereocenters. The van der Waals surface area contributed by atoms with E-state index in [1.807, 2.05) is 6.07 Å². The molecule has 0 aliphatic rings. The first-order chi connectivity index (χ1) is 9.00. The predicted molar refractivity (Wildman–Crippen MR) is 69.8 cm³/mol. The topological polar surface area (TPSA) is 95.1 Å². The van der Waals surface area contributed by atoms with Gasteiger partial charge in [-0.25, -0.2) is 0 Å². The van der Waals surface area contributed by atoms with Gasteiger partial charge in [-0.1, -0.05) is 12.1 Å². The third kappa shape index (κ3) is 2.57. The van der Waals surface area contributed by atoms with E-state index in [4.69, 9.17) is 5.11 Å². The van der Waals surface area contributed by atoms with Crippen molar-refractivity contribution >= 4 is 22.8 Å². The predicted octanol–water partition coefficient (Wildman–Crippen LogP) is 1.40. The van der Waals surface area contributed by atoms with Crippen molar-refractivity contribution in [1.82, 2.24) is 15.5 Å². The molecule has 2 atom stereocenters. The van der Waals surface area contributed by atoms with Crippen molar-refractivity contribution in [3.05, 3.63) is 30.0 Å². The molecular formula is C13H15N3O3. The summed E-state index contributed by atoms with van der Waals surface area (Å²) >= 11 is 0. The van der Waals surface area contributed by atoms with Gasteiger partial charge in [-0.15, -0.1) is 0 Å². The van der Waals surface area contributed by atoms with Gasteiger partial charge in [0.2, 0.25) is 0 Å². The second kappa shape index (κ2) is 5.09. The summed E-state index contributed by atoms with van der Waals surface area (Å²) in [4.78, 5) is 23.0. The molecule has 0 fully saturated rings. The molecule has 6 heteroatoms. The summed E-state index contributed by atoms with van der Waals surface area (Å²) in [6.07, 6.45) is 1.63. The maximum absolute atomic E-state index is 12.1. The first-order valence-electron chi connectivity index (χ1n) is 5.96. The second-order valence-electron chi connectivity index (χ2n) is 4.53. The van der Waals surface area contributed by atoms with Gasteiger partial charge >= 0.3 is 5.97 Å². The highest BCUT2D eigenvalue weighted by Gasteiger charge is 2.22. The minimum absolute atomic E-state index is 0.310. The molecule has 0 saturated heterocycles. The van der Waals surface area contributed by atoms with Crippen LogP contribution in [0.15, 0.2) is 24.4 Å². The second-order valence-corrected chi connectivity index (χ2v) is 4.53. The lowest BCUT2D eigenvalue weighted by atomic mass is 10.0. The molecule has 0 saturated carbocycles. The third-order valence-corrected chi connectivity index (χ3v) is 3.22. The maximum atomic E-state index is 12.1. The molecule has 0 aliphatic carbocycles. The molecule has 0 radical (unpaired) electrons. The van der Waals surface area contributed by atoms with Crippen LogP contribution in [0.2, 0.25) is 0 Å². The number of carbonyl (C=O) groups is 2. The van der Waals surface area contributed by atoms with Gasteiger partial charge in [0, 0.05) is 11.4 Å². The summed E-state index contributed by atoms with van der Waals surface area (Å²) < 4.78 is 0. The minimum atomic E-state index is -0.937. The lowest BCUT2D eigenvalue weighted by Crippen LogP contribution is -2.40. The number of carboxylic acids is 1. The number of aromatic amines is 1. The number of hydrogen-bond acceptors (Lipinski definition) is 3. The van der Waals surface area contributed by atoms with Crippen molar-refractivity contribution < 1.29 is 14.7 Å². The highest BCUT2D eigenvalue weighted by atomic mass is 16.4. The third-order valence-electron chi connectivity index (χ3n) is 3.22. The van der Waals surface area contributed by atoms with E-state index in [2.05, 4.69) is 15.5 Å². The van der Waals surface area contributed by atoms with E-state index >= 15 is 0 Å². The number of nitrogens with zero attached hydrogens (tertiary/aromatic N) is 1. The summed E-state index contributed by atoms with van der Waals surface area (Å²) in [5.41, 5.74) is 1.11. The highest BCUT2D eigenvalue weighted by Crippen LogP contribution is 2.16. The van der Waals surface area contributed by atoms with Crippen molar-refractivity contribution in [2.24, 2.45) is 5.92 Å². The number of aliphatic carboxylic acids is 1. The van der Waals surface area contributed by atoms with Crippen LogP contribution in [0.4, 0.5) is 0 Å². The molecule has 0 aliphatic heterocycles. The Morgan fingerprint density at radius 2 is 2.11 bits per heavy atom. The molecule has 2 rings (SSSR count). The van der Waals surface area contributed by atoms with E-state index < -0.39 is 17.9 Å². The van der Waals surface area contributed by atoms with E-state index in [9.17, 15) is 9.59 Å². The Kier molecular flexibility index (Phi) is 3.50. The van der Waals surface area contributed by atoms with E-state index in [0.29, 0.717) is 11.1 Å². The number of carbonyl (C=O) groups excluding carboxylic acids is 1. The SMILES string of the molecule is CC(NC(=O)c1cccc2cn[nH]c12)C(C)C(=O)O. The number of benzene rings is 1. The van der Waals surface area contributed by atoms with Crippen LogP contribution >= 0.6 is 0 Å². The van der Waals surface area contributed by atoms with Gasteiger partial charge in [0.05, 0.1) is 23.2 Å². The van der Waals surface area contributed by atoms with Crippen LogP contribution in [0.1, 0.15) is 24.2 Å². The van der Waals surface area contributed by atoms with Crippen LogP contribution < -0.4 is 5.32 Å². The van der Waals surface area contributed by atoms with Gasteiger partial charge in [-0.05, 0) is 19.9 Å². The Morgan fingerprint density at radius 3 is 2.79 bits per heavy atom. The molecule has 1 aromatic carbocycles. The molecule has 3 N–H and O–H groups in total.